The Kier molecular flexibility index (Phi) is 9.65. The van der Waals surface area contributed by atoms with Gasteiger partial charge in [-0.3, -0.25) is 19.0 Å². The van der Waals surface area contributed by atoms with E-state index in [4.69, 9.17) is 0 Å². The van der Waals surface area contributed by atoms with Gasteiger partial charge in [0, 0.05) is 25.5 Å². The fourth-order valence-electron chi connectivity index (χ4n) is 4.10. The highest BCUT2D eigenvalue weighted by Crippen LogP contribution is 2.30. The number of carbonyl (C=O) groups excluding carboxylic acids is 2. The molecule has 1 heterocycles. The number of para-hydroxylation sites is 2. The first-order chi connectivity index (χ1) is 13.9. The molecule has 162 valence electrons. The summed E-state index contributed by atoms with van der Waals surface area (Å²) in [6, 6.07) is 7.96. The number of rotatable bonds is 13. The summed E-state index contributed by atoms with van der Waals surface area (Å²) in [6.45, 7) is 3.69. The van der Waals surface area contributed by atoms with Crippen molar-refractivity contribution >= 4 is 23.2 Å². The molecule has 29 heavy (non-hydrogen) atoms. The lowest BCUT2D eigenvalue weighted by molar-refractivity contribution is -0.129. The van der Waals surface area contributed by atoms with Crippen LogP contribution in [0, 0.1) is 0 Å². The maximum atomic E-state index is 12.5. The quantitative estimate of drug-likeness (QED) is 0.359. The van der Waals surface area contributed by atoms with Gasteiger partial charge in [-0.25, -0.2) is 0 Å². The number of nitrogens with one attached hydrogen (secondary N) is 1. The number of nitrogens with zero attached hydrogens (tertiary/aromatic N) is 2. The van der Waals surface area contributed by atoms with Gasteiger partial charge in [-0.15, -0.1) is 0 Å². The molecule has 1 N–H and O–H groups in total. The number of anilines is 1. The molecule has 0 bridgehead atoms. The summed E-state index contributed by atoms with van der Waals surface area (Å²) in [5.74, 6) is 0.313. The molecule has 1 aliphatic heterocycles. The largest absolute Gasteiger partial charge is 0.321 e. The molecular formula is C24H40N3O2+. The van der Waals surface area contributed by atoms with E-state index < -0.39 is 0 Å². The number of amides is 2. The van der Waals surface area contributed by atoms with Crippen LogP contribution in [-0.4, -0.2) is 44.0 Å². The van der Waals surface area contributed by atoms with Crippen LogP contribution in [0.15, 0.2) is 24.3 Å². The third-order valence-corrected chi connectivity index (χ3v) is 5.78. The Balaban J connectivity index is 1.81. The van der Waals surface area contributed by atoms with E-state index in [0.717, 1.165) is 37.2 Å². The minimum absolute atomic E-state index is 0.0840. The number of likely N-dealkylation sites (tertiary alicyclic amines) is 1. The Hall–Kier alpha value is -1.88. The number of hydrogen-bond acceptors (Lipinski definition) is 2. The molecule has 0 aromatic heterocycles. The van der Waals surface area contributed by atoms with E-state index in [1.54, 1.807) is 0 Å². The van der Waals surface area contributed by atoms with Crippen LogP contribution in [0.4, 0.5) is 11.4 Å². The second-order valence-corrected chi connectivity index (χ2v) is 8.88. The van der Waals surface area contributed by atoms with E-state index in [9.17, 15) is 9.59 Å². The van der Waals surface area contributed by atoms with Gasteiger partial charge in [0.15, 0.2) is 12.4 Å². The summed E-state index contributed by atoms with van der Waals surface area (Å²) in [4.78, 5) is 26.4. The summed E-state index contributed by atoms with van der Waals surface area (Å²) in [6.07, 6.45) is 12.0. The molecular weight excluding hydrogens is 362 g/mol. The zero-order valence-electron chi connectivity index (χ0n) is 18.7. The number of quaternary nitrogens is 1. The zero-order chi connectivity index (χ0) is 21.1. The van der Waals surface area contributed by atoms with Crippen molar-refractivity contribution in [2.45, 2.75) is 77.6 Å². The van der Waals surface area contributed by atoms with Crippen molar-refractivity contribution in [3.05, 3.63) is 24.3 Å². The summed E-state index contributed by atoms with van der Waals surface area (Å²) in [7, 11) is 4.18. The summed E-state index contributed by atoms with van der Waals surface area (Å²) in [5.41, 5.74) is 1.89. The van der Waals surface area contributed by atoms with E-state index in [2.05, 4.69) is 26.3 Å². The van der Waals surface area contributed by atoms with Gasteiger partial charge in [0.2, 0.25) is 11.8 Å². The van der Waals surface area contributed by atoms with Crippen molar-refractivity contribution in [1.82, 2.24) is 9.38 Å². The molecule has 5 heteroatoms. The lowest BCUT2D eigenvalue weighted by atomic mass is 10.1. The van der Waals surface area contributed by atoms with E-state index in [-0.39, 0.29) is 11.8 Å². The highest BCUT2D eigenvalue weighted by atomic mass is 16.2. The van der Waals surface area contributed by atoms with Crippen molar-refractivity contribution in [2.24, 2.45) is 0 Å². The number of benzene rings is 1. The molecule has 1 aromatic rings. The van der Waals surface area contributed by atoms with Gasteiger partial charge >= 0.3 is 0 Å². The molecule has 0 spiro atoms. The lowest BCUT2D eigenvalue weighted by Crippen LogP contribution is -2.50. The second kappa shape index (κ2) is 12.0. The number of hydrogen-bond donors (Lipinski definition) is 1. The monoisotopic (exact) mass is 402 g/mol. The van der Waals surface area contributed by atoms with Crippen LogP contribution in [0.1, 0.15) is 77.6 Å². The second-order valence-electron chi connectivity index (χ2n) is 8.88. The molecule has 0 radical (unpaired) electrons. The van der Waals surface area contributed by atoms with E-state index in [1.165, 1.54) is 38.5 Å². The third-order valence-electron chi connectivity index (χ3n) is 5.78. The van der Waals surface area contributed by atoms with Crippen LogP contribution < -0.4 is 9.80 Å². The van der Waals surface area contributed by atoms with Crippen LogP contribution in [0.25, 0.3) is 0 Å². The van der Waals surface area contributed by atoms with Crippen molar-refractivity contribution in [1.29, 1.82) is 0 Å². The molecule has 1 saturated heterocycles. The van der Waals surface area contributed by atoms with Gasteiger partial charge in [0.05, 0.1) is 14.1 Å². The molecule has 0 saturated carbocycles. The predicted octanol–water partition coefficient (Wildman–Crippen LogP) is 5.30. The van der Waals surface area contributed by atoms with Gasteiger partial charge in [-0.2, -0.15) is 0 Å². The van der Waals surface area contributed by atoms with E-state index in [1.807, 2.05) is 29.2 Å². The van der Waals surface area contributed by atoms with Crippen molar-refractivity contribution in [2.75, 3.05) is 32.6 Å². The standard InChI is InChI=1S/C24H39N3O2/c1-4-5-6-7-8-9-10-11-17-23(28)25-21-15-12-13-16-22(21)27(2,3)20-26-19-14-18-24(26)29/h12-13,15-16H,4-11,14,17-20H2,1-3H3/p+1. The van der Waals surface area contributed by atoms with Crippen LogP contribution >= 0.6 is 0 Å². The highest BCUT2D eigenvalue weighted by Gasteiger charge is 2.30. The molecule has 0 atom stereocenters. The number of unbranched alkanes of at least 4 members (excludes halogenated alkanes) is 7. The molecule has 1 aromatic carbocycles. The topological polar surface area (TPSA) is 49.4 Å². The van der Waals surface area contributed by atoms with Crippen molar-refractivity contribution < 1.29 is 9.59 Å². The van der Waals surface area contributed by atoms with Crippen LogP contribution in [0.3, 0.4) is 0 Å². The smallest absolute Gasteiger partial charge is 0.226 e. The lowest BCUT2D eigenvalue weighted by Gasteiger charge is -2.34. The Morgan fingerprint density at radius 3 is 2.34 bits per heavy atom. The molecule has 5 nitrogen and oxygen atoms in total. The zero-order valence-corrected chi connectivity index (χ0v) is 18.7. The molecule has 2 amide bonds. The Morgan fingerprint density at radius 2 is 1.69 bits per heavy atom. The van der Waals surface area contributed by atoms with E-state index in [0.29, 0.717) is 24.0 Å². The molecule has 1 fully saturated rings. The van der Waals surface area contributed by atoms with Gasteiger partial charge in [0.25, 0.3) is 0 Å². The first-order valence-corrected chi connectivity index (χ1v) is 11.4. The predicted molar refractivity (Wildman–Crippen MR) is 122 cm³/mol. The van der Waals surface area contributed by atoms with Gasteiger partial charge < -0.3 is 5.32 Å². The van der Waals surface area contributed by atoms with Crippen LogP contribution in [0.5, 0.6) is 0 Å². The maximum Gasteiger partial charge on any atom is 0.226 e. The third kappa shape index (κ3) is 7.81. The maximum absolute atomic E-state index is 12.5. The van der Waals surface area contributed by atoms with Gasteiger partial charge in [-0.05, 0) is 18.9 Å². The molecule has 1 aliphatic rings. The van der Waals surface area contributed by atoms with Crippen molar-refractivity contribution in [3.63, 3.8) is 0 Å². The minimum atomic E-state index is 0.0840. The first-order valence-electron chi connectivity index (χ1n) is 11.4. The molecule has 0 aliphatic carbocycles. The van der Waals surface area contributed by atoms with Crippen LogP contribution in [-0.2, 0) is 9.59 Å². The fourth-order valence-corrected chi connectivity index (χ4v) is 4.10. The van der Waals surface area contributed by atoms with E-state index >= 15 is 0 Å². The summed E-state index contributed by atoms with van der Waals surface area (Å²) < 4.78 is 0.542. The van der Waals surface area contributed by atoms with Gasteiger partial charge in [0.1, 0.15) is 5.69 Å². The average molecular weight is 403 g/mol. The highest BCUT2D eigenvalue weighted by molar-refractivity contribution is 5.94. The van der Waals surface area contributed by atoms with Crippen molar-refractivity contribution in [3.8, 4) is 0 Å². The Morgan fingerprint density at radius 1 is 1.03 bits per heavy atom. The average Bonchev–Trinajstić information content (AvgIpc) is 3.08. The number of carbonyl (C=O) groups is 2. The summed E-state index contributed by atoms with van der Waals surface area (Å²) in [5, 5.41) is 3.11. The fraction of sp³-hybridized carbons (Fsp3) is 0.667. The Labute approximate surface area is 177 Å². The summed E-state index contributed by atoms with van der Waals surface area (Å²) >= 11 is 0. The van der Waals surface area contributed by atoms with Crippen LogP contribution in [0.2, 0.25) is 0 Å². The van der Waals surface area contributed by atoms with Gasteiger partial charge in [-0.1, -0.05) is 64.0 Å². The molecule has 0 unspecified atom stereocenters. The first kappa shape index (κ1) is 23.4. The Bertz CT molecular complexity index is 657. The minimum Gasteiger partial charge on any atom is -0.321 e. The SMILES string of the molecule is CCCCCCCCCCC(=O)Nc1ccccc1[N+](C)(C)CN1CCCC1=O. The molecule has 2 rings (SSSR count). The normalized spacial score (nSPS) is 14.4.